The summed E-state index contributed by atoms with van der Waals surface area (Å²) >= 11 is 3.14. The molecule has 0 aliphatic carbocycles. The van der Waals surface area contributed by atoms with Crippen LogP contribution in [0.25, 0.3) is 0 Å². The zero-order chi connectivity index (χ0) is 9.26. The van der Waals surface area contributed by atoms with Gasteiger partial charge in [-0.1, -0.05) is 6.92 Å². The van der Waals surface area contributed by atoms with E-state index in [4.69, 9.17) is 9.15 Å². The Kier molecular flexibility index (Phi) is 2.64. The van der Waals surface area contributed by atoms with E-state index in [1.165, 1.54) is 0 Å². The summed E-state index contributed by atoms with van der Waals surface area (Å²) < 4.78 is 10.8. The van der Waals surface area contributed by atoms with Gasteiger partial charge in [0.05, 0.1) is 12.0 Å². The predicted molar refractivity (Wildman–Crippen MR) is 49.4 cm³/mol. The van der Waals surface area contributed by atoms with E-state index in [2.05, 4.69) is 33.1 Å². The highest BCUT2D eigenvalue weighted by Crippen LogP contribution is 2.32. The largest absolute Gasteiger partial charge is 0.415 e. The average molecular weight is 247 g/mol. The maximum absolute atomic E-state index is 5.54. The summed E-state index contributed by atoms with van der Waals surface area (Å²) in [6.45, 7) is 2.90. The maximum Gasteiger partial charge on any atom is 0.284 e. The van der Waals surface area contributed by atoms with Crippen LogP contribution in [-0.2, 0) is 4.74 Å². The fourth-order valence-corrected chi connectivity index (χ4v) is 1.94. The molecule has 1 fully saturated rings. The molecule has 0 saturated carbocycles. The molecule has 0 aromatic carbocycles. The first-order valence-corrected chi connectivity index (χ1v) is 5.21. The lowest BCUT2D eigenvalue weighted by atomic mass is 10.00. The van der Waals surface area contributed by atoms with Gasteiger partial charge < -0.3 is 9.15 Å². The van der Waals surface area contributed by atoms with Crippen LogP contribution in [0, 0.1) is 0 Å². The molecule has 4 nitrogen and oxygen atoms in total. The summed E-state index contributed by atoms with van der Waals surface area (Å²) in [5.74, 6) is 0.972. The normalized spacial score (nSPS) is 28.2. The molecule has 0 spiro atoms. The van der Waals surface area contributed by atoms with Crippen molar-refractivity contribution in [3.05, 3.63) is 10.7 Å². The first kappa shape index (κ1) is 9.15. The lowest BCUT2D eigenvalue weighted by Gasteiger charge is -2.11. The molecule has 2 unspecified atom stereocenters. The van der Waals surface area contributed by atoms with Crippen LogP contribution in [0.1, 0.15) is 31.6 Å². The Hall–Kier alpha value is -0.420. The molecule has 1 saturated heterocycles. The van der Waals surface area contributed by atoms with Gasteiger partial charge in [0.25, 0.3) is 4.80 Å². The molecule has 0 amide bonds. The lowest BCUT2D eigenvalue weighted by molar-refractivity contribution is 0.0963. The summed E-state index contributed by atoms with van der Waals surface area (Å²) in [5.41, 5.74) is 0. The van der Waals surface area contributed by atoms with Gasteiger partial charge in [-0.3, -0.25) is 0 Å². The van der Waals surface area contributed by atoms with Gasteiger partial charge in [-0.25, -0.2) is 0 Å². The van der Waals surface area contributed by atoms with Crippen molar-refractivity contribution in [3.63, 3.8) is 0 Å². The molecular formula is C8H11BrN2O2. The second-order valence-electron chi connectivity index (χ2n) is 3.11. The molecule has 2 rings (SSSR count). The van der Waals surface area contributed by atoms with Crippen LogP contribution >= 0.6 is 15.9 Å². The molecule has 1 aliphatic heterocycles. The van der Waals surface area contributed by atoms with E-state index in [-0.39, 0.29) is 12.0 Å². The van der Waals surface area contributed by atoms with Crippen LogP contribution in [0.15, 0.2) is 9.22 Å². The minimum absolute atomic E-state index is 0.243. The molecular weight excluding hydrogens is 236 g/mol. The zero-order valence-electron chi connectivity index (χ0n) is 7.36. The van der Waals surface area contributed by atoms with Crippen molar-refractivity contribution in [2.45, 2.75) is 31.8 Å². The number of nitrogens with zero attached hydrogens (tertiary/aromatic N) is 2. The van der Waals surface area contributed by atoms with E-state index in [1.54, 1.807) is 0 Å². The van der Waals surface area contributed by atoms with Crippen molar-refractivity contribution < 1.29 is 9.15 Å². The fraction of sp³-hybridized carbons (Fsp3) is 0.750. The van der Waals surface area contributed by atoms with Gasteiger partial charge >= 0.3 is 0 Å². The summed E-state index contributed by atoms with van der Waals surface area (Å²) in [6.07, 6.45) is 2.21. The second-order valence-corrected chi connectivity index (χ2v) is 3.78. The van der Waals surface area contributed by atoms with Crippen molar-refractivity contribution in [2.75, 3.05) is 6.61 Å². The average Bonchev–Trinajstić information content (AvgIpc) is 2.71. The van der Waals surface area contributed by atoms with Crippen LogP contribution in [0.4, 0.5) is 0 Å². The quantitative estimate of drug-likeness (QED) is 0.803. The third kappa shape index (κ3) is 1.76. The molecule has 1 aliphatic rings. The van der Waals surface area contributed by atoms with Gasteiger partial charge in [0.2, 0.25) is 5.89 Å². The Morgan fingerprint density at radius 2 is 2.38 bits per heavy atom. The van der Waals surface area contributed by atoms with Gasteiger partial charge in [0.15, 0.2) is 0 Å². The van der Waals surface area contributed by atoms with E-state index in [1.807, 2.05) is 0 Å². The van der Waals surface area contributed by atoms with Gasteiger partial charge in [0.1, 0.15) is 0 Å². The Balaban J connectivity index is 2.15. The number of hydrogen-bond acceptors (Lipinski definition) is 4. The number of hydrogen-bond donors (Lipinski definition) is 0. The van der Waals surface area contributed by atoms with Crippen molar-refractivity contribution >= 4 is 15.9 Å². The highest BCUT2D eigenvalue weighted by molar-refractivity contribution is 9.10. The van der Waals surface area contributed by atoms with E-state index in [0.29, 0.717) is 10.7 Å². The van der Waals surface area contributed by atoms with Crippen LogP contribution in [0.2, 0.25) is 0 Å². The third-order valence-electron chi connectivity index (χ3n) is 2.35. The second kappa shape index (κ2) is 3.75. The molecule has 0 N–H and O–H groups in total. The van der Waals surface area contributed by atoms with Crippen molar-refractivity contribution in [2.24, 2.45) is 0 Å². The Bertz CT molecular complexity index is 289. The van der Waals surface area contributed by atoms with Crippen molar-refractivity contribution in [1.29, 1.82) is 0 Å². The van der Waals surface area contributed by atoms with Crippen LogP contribution in [0.5, 0.6) is 0 Å². The molecule has 1 aromatic rings. The number of aromatic nitrogens is 2. The molecule has 1 aromatic heterocycles. The van der Waals surface area contributed by atoms with Crippen molar-refractivity contribution in [1.82, 2.24) is 10.2 Å². The number of halogens is 1. The predicted octanol–water partition coefficient (Wildman–Crippen LogP) is 2.11. The summed E-state index contributed by atoms with van der Waals surface area (Å²) in [5, 5.41) is 7.73. The third-order valence-corrected chi connectivity index (χ3v) is 2.67. The first-order chi connectivity index (χ1) is 6.31. The van der Waals surface area contributed by atoms with E-state index < -0.39 is 0 Å². The Morgan fingerprint density at radius 3 is 3.00 bits per heavy atom. The minimum Gasteiger partial charge on any atom is -0.415 e. The first-order valence-electron chi connectivity index (χ1n) is 4.41. The summed E-state index contributed by atoms with van der Waals surface area (Å²) in [6, 6.07) is 0. The Labute approximate surface area is 84.8 Å². The molecule has 0 radical (unpaired) electrons. The van der Waals surface area contributed by atoms with Crippen LogP contribution < -0.4 is 0 Å². The van der Waals surface area contributed by atoms with Gasteiger partial charge in [-0.2, -0.15) is 0 Å². The summed E-state index contributed by atoms with van der Waals surface area (Å²) in [4.78, 5) is 0.448. The molecule has 13 heavy (non-hydrogen) atoms. The fourth-order valence-electron chi connectivity index (χ4n) is 1.70. The van der Waals surface area contributed by atoms with E-state index >= 15 is 0 Å². The topological polar surface area (TPSA) is 48.2 Å². The van der Waals surface area contributed by atoms with Gasteiger partial charge in [-0.15, -0.1) is 10.2 Å². The number of ether oxygens (including phenoxy) is 1. The maximum atomic E-state index is 5.54. The molecule has 2 atom stereocenters. The van der Waals surface area contributed by atoms with Gasteiger partial charge in [0, 0.05) is 22.5 Å². The van der Waals surface area contributed by atoms with Crippen LogP contribution in [0.3, 0.4) is 0 Å². The summed E-state index contributed by atoms with van der Waals surface area (Å²) in [7, 11) is 0. The Morgan fingerprint density at radius 1 is 1.54 bits per heavy atom. The zero-order valence-corrected chi connectivity index (χ0v) is 8.95. The van der Waals surface area contributed by atoms with E-state index in [9.17, 15) is 0 Å². The molecule has 0 bridgehead atoms. The SMILES string of the molecule is CCC1OCCC1c1nnc(Br)o1. The minimum atomic E-state index is 0.243. The molecule has 2 heterocycles. The molecule has 72 valence electrons. The smallest absolute Gasteiger partial charge is 0.284 e. The van der Waals surface area contributed by atoms with Crippen LogP contribution in [-0.4, -0.2) is 22.9 Å². The highest BCUT2D eigenvalue weighted by Gasteiger charge is 2.32. The standard InChI is InChI=1S/C8H11BrN2O2/c1-2-6-5(3-4-12-6)7-10-11-8(9)13-7/h5-6H,2-4H2,1H3. The number of rotatable bonds is 2. The van der Waals surface area contributed by atoms with Gasteiger partial charge in [-0.05, 0) is 12.8 Å². The molecule has 5 heteroatoms. The van der Waals surface area contributed by atoms with Crippen molar-refractivity contribution in [3.8, 4) is 0 Å². The highest BCUT2D eigenvalue weighted by atomic mass is 79.9. The monoisotopic (exact) mass is 246 g/mol. The lowest BCUT2D eigenvalue weighted by Crippen LogP contribution is -2.13. The van der Waals surface area contributed by atoms with E-state index in [0.717, 1.165) is 19.4 Å².